The summed E-state index contributed by atoms with van der Waals surface area (Å²) >= 11 is 1.30. The van der Waals surface area contributed by atoms with Gasteiger partial charge in [-0.2, -0.15) is 0 Å². The van der Waals surface area contributed by atoms with Crippen molar-refractivity contribution in [2.45, 2.75) is 20.8 Å². The molecule has 1 amide bonds. The first-order chi connectivity index (χ1) is 11.4. The summed E-state index contributed by atoms with van der Waals surface area (Å²) in [4.78, 5) is 28.3. The monoisotopic (exact) mass is 351 g/mol. The Bertz CT molecular complexity index is 768. The summed E-state index contributed by atoms with van der Waals surface area (Å²) in [5.41, 5.74) is 0.321. The third-order valence-electron chi connectivity index (χ3n) is 3.27. The number of amides is 1. The molecule has 0 spiro atoms. The minimum atomic E-state index is -0.630. The van der Waals surface area contributed by atoms with Crippen molar-refractivity contribution in [3.8, 4) is 11.5 Å². The average Bonchev–Trinajstić information content (AvgIpc) is 2.84. The summed E-state index contributed by atoms with van der Waals surface area (Å²) in [6, 6.07) is 2.49. The molecule has 0 saturated heterocycles. The molecule has 24 heavy (non-hydrogen) atoms. The molecule has 8 nitrogen and oxygen atoms in total. The number of anilines is 1. The number of methoxy groups -OCH3 is 1. The quantitative estimate of drug-likeness (QED) is 0.632. The molecule has 0 unspecified atom stereocenters. The lowest BCUT2D eigenvalue weighted by Crippen LogP contribution is -2.14. The second kappa shape index (κ2) is 7.26. The van der Waals surface area contributed by atoms with E-state index < -0.39 is 10.8 Å². The summed E-state index contributed by atoms with van der Waals surface area (Å²) < 4.78 is 10.5. The molecule has 0 atom stereocenters. The molecule has 128 valence electrons. The Hall–Kier alpha value is -2.68. The number of nitro groups is 1. The number of nitro benzene ring substituents is 1. The van der Waals surface area contributed by atoms with Crippen LogP contribution in [0, 0.1) is 24.0 Å². The highest BCUT2D eigenvalue weighted by molar-refractivity contribution is 7.15. The number of hydrogen-bond donors (Lipinski definition) is 1. The Morgan fingerprint density at radius 2 is 2.08 bits per heavy atom. The van der Waals surface area contributed by atoms with Crippen LogP contribution in [-0.4, -0.2) is 29.5 Å². The van der Waals surface area contributed by atoms with Crippen LogP contribution in [0.3, 0.4) is 0 Å². The summed E-state index contributed by atoms with van der Waals surface area (Å²) in [5.74, 6) is -0.167. The second-order valence-corrected chi connectivity index (χ2v) is 6.03. The number of carbonyl (C=O) groups is 1. The molecule has 1 aromatic heterocycles. The maximum Gasteiger partial charge on any atom is 0.286 e. The molecule has 0 fully saturated rings. The van der Waals surface area contributed by atoms with Crippen LogP contribution >= 0.6 is 11.3 Å². The van der Waals surface area contributed by atoms with Crippen molar-refractivity contribution < 1.29 is 19.2 Å². The average molecular weight is 351 g/mol. The third kappa shape index (κ3) is 3.62. The number of carbonyl (C=O) groups excluding carboxylic acids is 1. The highest BCUT2D eigenvalue weighted by atomic mass is 32.1. The van der Waals surface area contributed by atoms with Crippen molar-refractivity contribution in [1.82, 2.24) is 4.98 Å². The Morgan fingerprint density at radius 1 is 1.38 bits per heavy atom. The third-order valence-corrected chi connectivity index (χ3v) is 4.26. The zero-order valence-corrected chi connectivity index (χ0v) is 14.5. The van der Waals surface area contributed by atoms with Gasteiger partial charge in [0, 0.05) is 10.9 Å². The van der Waals surface area contributed by atoms with Crippen molar-refractivity contribution >= 4 is 28.1 Å². The van der Waals surface area contributed by atoms with Gasteiger partial charge in [-0.15, -0.1) is 11.3 Å². The summed E-state index contributed by atoms with van der Waals surface area (Å²) in [7, 11) is 1.40. The fraction of sp³-hybridized carbons (Fsp3) is 0.333. The molecule has 0 aliphatic carbocycles. The van der Waals surface area contributed by atoms with E-state index in [1.54, 1.807) is 6.92 Å². The zero-order chi connectivity index (χ0) is 17.9. The van der Waals surface area contributed by atoms with Gasteiger partial charge in [-0.05, 0) is 20.8 Å². The summed E-state index contributed by atoms with van der Waals surface area (Å²) in [5, 5.41) is 14.3. The van der Waals surface area contributed by atoms with Crippen molar-refractivity contribution in [3.63, 3.8) is 0 Å². The van der Waals surface area contributed by atoms with E-state index in [2.05, 4.69) is 10.3 Å². The van der Waals surface area contributed by atoms with Crippen LogP contribution in [0.5, 0.6) is 11.5 Å². The van der Waals surface area contributed by atoms with Crippen LogP contribution in [0.4, 0.5) is 10.8 Å². The van der Waals surface area contributed by atoms with Gasteiger partial charge in [-0.3, -0.25) is 20.2 Å². The van der Waals surface area contributed by atoms with Gasteiger partial charge in [0.1, 0.15) is 5.56 Å². The molecule has 2 aromatic rings. The van der Waals surface area contributed by atoms with Gasteiger partial charge in [-0.25, -0.2) is 4.98 Å². The molecule has 0 aliphatic heterocycles. The molecular weight excluding hydrogens is 334 g/mol. The normalized spacial score (nSPS) is 10.3. The molecule has 0 bridgehead atoms. The first kappa shape index (κ1) is 17.7. The van der Waals surface area contributed by atoms with Gasteiger partial charge in [0.05, 0.1) is 30.4 Å². The molecule has 9 heteroatoms. The number of nitrogens with zero attached hydrogens (tertiary/aromatic N) is 2. The van der Waals surface area contributed by atoms with E-state index in [4.69, 9.17) is 9.47 Å². The second-order valence-electron chi connectivity index (χ2n) is 4.83. The molecule has 1 aromatic carbocycles. The number of rotatable bonds is 6. The van der Waals surface area contributed by atoms with Gasteiger partial charge in [0.15, 0.2) is 16.6 Å². The topological polar surface area (TPSA) is 104 Å². The lowest BCUT2D eigenvalue weighted by molar-refractivity contribution is -0.385. The van der Waals surface area contributed by atoms with Crippen LogP contribution in [-0.2, 0) is 0 Å². The van der Waals surface area contributed by atoms with Crippen molar-refractivity contribution in [3.05, 3.63) is 38.4 Å². The standard InChI is InChI=1S/C15H17N3O5S/c1-5-23-13-7-11(18(20)21)10(6-12(13)22-4)14(19)17-15-16-8(2)9(3)24-15/h6-7H,5H2,1-4H3,(H,16,17,19). The minimum Gasteiger partial charge on any atom is -0.493 e. The van der Waals surface area contributed by atoms with Gasteiger partial charge >= 0.3 is 0 Å². The van der Waals surface area contributed by atoms with E-state index in [-0.39, 0.29) is 22.7 Å². The van der Waals surface area contributed by atoms with Crippen LogP contribution in [0.2, 0.25) is 0 Å². The van der Waals surface area contributed by atoms with Gasteiger partial charge in [-0.1, -0.05) is 0 Å². The number of nitrogens with one attached hydrogen (secondary N) is 1. The van der Waals surface area contributed by atoms with Crippen LogP contribution in [0.15, 0.2) is 12.1 Å². The van der Waals surface area contributed by atoms with E-state index in [0.717, 1.165) is 10.6 Å². The lowest BCUT2D eigenvalue weighted by atomic mass is 10.1. The summed E-state index contributed by atoms with van der Waals surface area (Å²) in [6.07, 6.45) is 0. The molecule has 2 rings (SSSR count). The maximum absolute atomic E-state index is 12.5. The largest absolute Gasteiger partial charge is 0.493 e. The number of thiazole rings is 1. The van der Waals surface area contributed by atoms with Crippen molar-refractivity contribution in [2.24, 2.45) is 0 Å². The van der Waals surface area contributed by atoms with E-state index in [9.17, 15) is 14.9 Å². The van der Waals surface area contributed by atoms with Gasteiger partial charge < -0.3 is 9.47 Å². The molecule has 0 saturated carbocycles. The fourth-order valence-corrected chi connectivity index (χ4v) is 2.81. The van der Waals surface area contributed by atoms with Crippen LogP contribution in [0.1, 0.15) is 27.9 Å². The van der Waals surface area contributed by atoms with E-state index in [0.29, 0.717) is 11.7 Å². The number of hydrogen-bond acceptors (Lipinski definition) is 7. The maximum atomic E-state index is 12.5. The fourth-order valence-electron chi connectivity index (χ4n) is 2.00. The molecule has 1 N–H and O–H groups in total. The predicted molar refractivity (Wildman–Crippen MR) is 90.4 cm³/mol. The van der Waals surface area contributed by atoms with Crippen molar-refractivity contribution in [1.29, 1.82) is 0 Å². The van der Waals surface area contributed by atoms with Crippen molar-refractivity contribution in [2.75, 3.05) is 19.0 Å². The van der Waals surface area contributed by atoms with Crippen LogP contribution < -0.4 is 14.8 Å². The predicted octanol–water partition coefficient (Wildman–Crippen LogP) is 3.33. The smallest absolute Gasteiger partial charge is 0.286 e. The van der Waals surface area contributed by atoms with Gasteiger partial charge in [0.25, 0.3) is 11.6 Å². The highest BCUT2D eigenvalue weighted by Crippen LogP contribution is 2.35. The molecule has 1 heterocycles. The minimum absolute atomic E-state index is 0.120. The van der Waals surface area contributed by atoms with E-state index in [1.165, 1.54) is 30.6 Å². The molecule has 0 aliphatic rings. The van der Waals surface area contributed by atoms with Gasteiger partial charge in [0.2, 0.25) is 0 Å². The SMILES string of the molecule is CCOc1cc([N+](=O)[O-])c(C(=O)Nc2nc(C)c(C)s2)cc1OC. The zero-order valence-electron chi connectivity index (χ0n) is 13.7. The van der Waals surface area contributed by atoms with E-state index >= 15 is 0 Å². The van der Waals surface area contributed by atoms with E-state index in [1.807, 2.05) is 13.8 Å². The number of aryl methyl sites for hydroxylation is 2. The molecule has 0 radical (unpaired) electrons. The Balaban J connectivity index is 2.42. The lowest BCUT2D eigenvalue weighted by Gasteiger charge is -2.11. The first-order valence-corrected chi connectivity index (χ1v) is 7.93. The van der Waals surface area contributed by atoms with Crippen LogP contribution in [0.25, 0.3) is 0 Å². The highest BCUT2D eigenvalue weighted by Gasteiger charge is 2.25. The number of aromatic nitrogens is 1. The Kier molecular flexibility index (Phi) is 5.35. The Labute approximate surface area is 142 Å². The number of benzene rings is 1. The molecular formula is C15H17N3O5S. The number of ether oxygens (including phenoxy) is 2. The first-order valence-electron chi connectivity index (χ1n) is 7.12. The Morgan fingerprint density at radius 3 is 2.58 bits per heavy atom. The summed E-state index contributed by atoms with van der Waals surface area (Å²) in [6.45, 7) is 5.77.